The maximum Gasteiger partial charge on any atom is 0.0420 e. The average molecular weight is 198 g/mol. The Kier molecular flexibility index (Phi) is 5.73. The third-order valence-corrected chi connectivity index (χ3v) is 3.41. The molecule has 1 nitrogen and oxygen atoms in total. The van der Waals surface area contributed by atoms with Gasteiger partial charge in [-0.25, -0.2) is 0 Å². The minimum absolute atomic E-state index is 0.115. The third kappa shape index (κ3) is 6.60. The summed E-state index contributed by atoms with van der Waals surface area (Å²) in [6.45, 7) is 5.95. The lowest BCUT2D eigenvalue weighted by atomic mass is 10.3. The highest BCUT2D eigenvalue weighted by Gasteiger charge is 2.17. The van der Waals surface area contributed by atoms with Crippen LogP contribution in [0.5, 0.6) is 0 Å². The van der Waals surface area contributed by atoms with E-state index in [-0.39, 0.29) is 4.75 Å². The van der Waals surface area contributed by atoms with Crippen LogP contribution in [0.25, 0.3) is 0 Å². The van der Waals surface area contributed by atoms with Crippen molar-refractivity contribution in [1.82, 2.24) is 0 Å². The van der Waals surface area contributed by atoms with Crippen molar-refractivity contribution in [2.75, 3.05) is 5.75 Å². The maximum absolute atomic E-state index is 11.5. The summed E-state index contributed by atoms with van der Waals surface area (Å²) in [4.78, 5) is 0. The topological polar surface area (TPSA) is 17.1 Å². The highest BCUT2D eigenvalue weighted by Crippen LogP contribution is 2.11. The molecule has 0 saturated carbocycles. The molecule has 0 amide bonds. The Hall–Kier alpha value is -0.550. The summed E-state index contributed by atoms with van der Waals surface area (Å²) in [6, 6.07) is 0. The summed E-state index contributed by atoms with van der Waals surface area (Å²) in [7, 11) is -0.781. The predicted octanol–water partition coefficient (Wildman–Crippen LogP) is 2.50. The van der Waals surface area contributed by atoms with Crippen LogP contribution in [0.1, 0.15) is 33.6 Å². The lowest BCUT2D eigenvalue weighted by Crippen LogP contribution is -2.23. The summed E-state index contributed by atoms with van der Waals surface area (Å²) < 4.78 is 11.4. The van der Waals surface area contributed by atoms with Gasteiger partial charge in [0.05, 0.1) is 0 Å². The van der Waals surface area contributed by atoms with Crippen molar-refractivity contribution in [2.24, 2.45) is 0 Å². The predicted molar refractivity (Wildman–Crippen MR) is 60.0 cm³/mol. The first-order valence-electron chi connectivity index (χ1n) is 4.45. The molecule has 0 bridgehead atoms. The number of unbranched alkanes of at least 4 members (excludes halogenated alkanes) is 1. The zero-order chi connectivity index (χ0) is 10.3. The van der Waals surface area contributed by atoms with Gasteiger partial charge in [-0.05, 0) is 27.2 Å². The Morgan fingerprint density at radius 2 is 2.00 bits per heavy atom. The summed E-state index contributed by atoms with van der Waals surface area (Å²) in [5, 5.41) is 0. The van der Waals surface area contributed by atoms with E-state index in [1.807, 2.05) is 32.9 Å². The zero-order valence-electron chi connectivity index (χ0n) is 8.67. The van der Waals surface area contributed by atoms with Crippen LogP contribution in [0.15, 0.2) is 12.2 Å². The fraction of sp³-hybridized carbons (Fsp3) is 0.636. The summed E-state index contributed by atoms with van der Waals surface area (Å²) in [5.41, 5.74) is 0. The van der Waals surface area contributed by atoms with Gasteiger partial charge < -0.3 is 0 Å². The van der Waals surface area contributed by atoms with Crippen LogP contribution < -0.4 is 0 Å². The van der Waals surface area contributed by atoms with Crippen molar-refractivity contribution in [2.45, 2.75) is 38.4 Å². The van der Waals surface area contributed by atoms with Crippen LogP contribution in [-0.4, -0.2) is 14.7 Å². The molecular weight excluding hydrogens is 180 g/mol. The van der Waals surface area contributed by atoms with Gasteiger partial charge in [-0.3, -0.25) is 4.21 Å². The Morgan fingerprint density at radius 1 is 1.38 bits per heavy atom. The van der Waals surface area contributed by atoms with Gasteiger partial charge in [0.2, 0.25) is 0 Å². The average Bonchev–Trinajstić information content (AvgIpc) is 2.02. The lowest BCUT2D eigenvalue weighted by molar-refractivity contribution is 0.651. The van der Waals surface area contributed by atoms with E-state index < -0.39 is 10.8 Å². The molecule has 0 aliphatic heterocycles. The van der Waals surface area contributed by atoms with Crippen molar-refractivity contribution in [1.29, 1.82) is 0 Å². The van der Waals surface area contributed by atoms with Crippen LogP contribution in [0.3, 0.4) is 0 Å². The van der Waals surface area contributed by atoms with Gasteiger partial charge in [-0.2, -0.15) is 0 Å². The molecule has 0 rings (SSSR count). The number of terminal acetylenes is 1. The standard InChI is InChI=1S/C11H18OS/c1-5-6-7-8-9-10-13(12)11(2,3)4/h1,8-9H,6-7,10H2,2-4H3/b9-8-. The highest BCUT2D eigenvalue weighted by molar-refractivity contribution is 7.86. The van der Waals surface area contributed by atoms with Crippen molar-refractivity contribution < 1.29 is 4.21 Å². The molecule has 0 aromatic heterocycles. The fourth-order valence-electron chi connectivity index (χ4n) is 0.690. The molecule has 0 N–H and O–H groups in total. The molecule has 0 radical (unpaired) electrons. The largest absolute Gasteiger partial charge is 0.259 e. The summed E-state index contributed by atoms with van der Waals surface area (Å²) in [6.07, 6.45) is 10.7. The van der Waals surface area contributed by atoms with Crippen LogP contribution in [0.2, 0.25) is 0 Å². The van der Waals surface area contributed by atoms with Crippen LogP contribution in [0, 0.1) is 12.3 Å². The van der Waals surface area contributed by atoms with Crippen LogP contribution in [-0.2, 0) is 10.8 Å². The summed E-state index contributed by atoms with van der Waals surface area (Å²) in [5.74, 6) is 3.19. The molecule has 13 heavy (non-hydrogen) atoms. The van der Waals surface area contributed by atoms with E-state index in [1.54, 1.807) is 0 Å². The monoisotopic (exact) mass is 198 g/mol. The number of rotatable bonds is 4. The molecule has 0 aliphatic rings. The van der Waals surface area contributed by atoms with Gasteiger partial charge in [0.1, 0.15) is 0 Å². The van der Waals surface area contributed by atoms with E-state index in [0.717, 1.165) is 12.8 Å². The van der Waals surface area contributed by atoms with E-state index in [4.69, 9.17) is 6.42 Å². The molecule has 0 aliphatic carbocycles. The van der Waals surface area contributed by atoms with E-state index in [9.17, 15) is 4.21 Å². The zero-order valence-corrected chi connectivity index (χ0v) is 9.49. The molecule has 1 unspecified atom stereocenters. The first kappa shape index (κ1) is 12.4. The summed E-state index contributed by atoms with van der Waals surface area (Å²) >= 11 is 0. The quantitative estimate of drug-likeness (QED) is 0.385. The Morgan fingerprint density at radius 3 is 2.46 bits per heavy atom. The Bertz CT molecular complexity index is 227. The smallest absolute Gasteiger partial charge is 0.0420 e. The second kappa shape index (κ2) is 5.99. The SMILES string of the molecule is C#CCC/C=C\CS(=O)C(C)(C)C. The normalized spacial score (nSPS) is 14.3. The van der Waals surface area contributed by atoms with E-state index in [1.165, 1.54) is 0 Å². The van der Waals surface area contributed by atoms with Gasteiger partial charge in [0.15, 0.2) is 0 Å². The van der Waals surface area contributed by atoms with E-state index >= 15 is 0 Å². The third-order valence-electron chi connectivity index (χ3n) is 1.55. The van der Waals surface area contributed by atoms with E-state index in [0.29, 0.717) is 5.75 Å². The molecule has 0 fully saturated rings. The van der Waals surface area contributed by atoms with Crippen molar-refractivity contribution in [3.05, 3.63) is 12.2 Å². The van der Waals surface area contributed by atoms with Gasteiger partial charge in [0.25, 0.3) is 0 Å². The first-order valence-corrected chi connectivity index (χ1v) is 5.77. The van der Waals surface area contributed by atoms with Gasteiger partial charge >= 0.3 is 0 Å². The molecule has 0 saturated heterocycles. The van der Waals surface area contributed by atoms with Crippen LogP contribution in [0.4, 0.5) is 0 Å². The lowest BCUT2D eigenvalue weighted by Gasteiger charge is -2.15. The highest BCUT2D eigenvalue weighted by atomic mass is 32.2. The fourth-order valence-corrected chi connectivity index (χ4v) is 1.50. The molecule has 74 valence electrons. The van der Waals surface area contributed by atoms with Crippen molar-refractivity contribution >= 4 is 10.8 Å². The molecular formula is C11H18OS. The second-order valence-electron chi connectivity index (χ2n) is 3.84. The maximum atomic E-state index is 11.5. The molecule has 2 heteroatoms. The van der Waals surface area contributed by atoms with Crippen LogP contribution >= 0.6 is 0 Å². The van der Waals surface area contributed by atoms with Gasteiger partial charge in [-0.1, -0.05) is 12.2 Å². The number of hydrogen-bond acceptors (Lipinski definition) is 1. The minimum Gasteiger partial charge on any atom is -0.259 e. The second-order valence-corrected chi connectivity index (χ2v) is 6.09. The first-order chi connectivity index (χ1) is 5.98. The Labute approximate surface area is 84.1 Å². The molecule has 0 aromatic carbocycles. The molecule has 0 aromatic rings. The van der Waals surface area contributed by atoms with E-state index in [2.05, 4.69) is 5.92 Å². The molecule has 1 atom stereocenters. The van der Waals surface area contributed by atoms with Gasteiger partial charge in [0, 0.05) is 27.7 Å². The number of allylic oxidation sites excluding steroid dienone is 1. The van der Waals surface area contributed by atoms with Crippen molar-refractivity contribution in [3.8, 4) is 12.3 Å². The van der Waals surface area contributed by atoms with Gasteiger partial charge in [-0.15, -0.1) is 12.3 Å². The molecule has 0 heterocycles. The molecule has 0 spiro atoms. The number of hydrogen-bond donors (Lipinski definition) is 0. The van der Waals surface area contributed by atoms with Crippen molar-refractivity contribution in [3.63, 3.8) is 0 Å². The minimum atomic E-state index is -0.781. The Balaban J connectivity index is 3.72.